The first-order chi connectivity index (χ1) is 9.40. The lowest BCUT2D eigenvalue weighted by molar-refractivity contribution is 0.0993. The van der Waals surface area contributed by atoms with Gasteiger partial charge in [-0.15, -0.1) is 0 Å². The van der Waals surface area contributed by atoms with Crippen molar-refractivity contribution in [3.05, 3.63) is 57.0 Å². The van der Waals surface area contributed by atoms with E-state index in [9.17, 15) is 4.79 Å². The maximum atomic E-state index is 12.5. The van der Waals surface area contributed by atoms with Crippen LogP contribution in [0.4, 0.5) is 11.4 Å². The van der Waals surface area contributed by atoms with Gasteiger partial charge in [0.1, 0.15) is 0 Å². The highest BCUT2D eigenvalue weighted by Gasteiger charge is 2.16. The molecule has 3 nitrogen and oxygen atoms in total. The number of hydrogen-bond acceptors (Lipinski definition) is 2. The van der Waals surface area contributed by atoms with E-state index in [2.05, 4.69) is 15.9 Å². The minimum atomic E-state index is -0.139. The zero-order valence-electron chi connectivity index (χ0n) is 11.2. The first-order valence-corrected chi connectivity index (χ1v) is 7.16. The monoisotopic (exact) mass is 352 g/mol. The van der Waals surface area contributed by atoms with Gasteiger partial charge in [-0.2, -0.15) is 0 Å². The summed E-state index contributed by atoms with van der Waals surface area (Å²) in [6.07, 6.45) is 0. The summed E-state index contributed by atoms with van der Waals surface area (Å²) in [5, 5.41) is 0.541. The molecule has 0 aliphatic rings. The predicted octanol–water partition coefficient (Wildman–Crippen LogP) is 4.27. The Balaban J connectivity index is 2.37. The van der Waals surface area contributed by atoms with E-state index in [1.54, 1.807) is 37.4 Å². The van der Waals surface area contributed by atoms with Gasteiger partial charge in [-0.25, -0.2) is 0 Å². The standard InChI is InChI=1S/C15H14BrClN2O/c1-9-3-4-10(7-12(9)16)15(20)19(2)14-8-11(17)5-6-13(14)18/h3-8H,18H2,1-2H3. The van der Waals surface area contributed by atoms with Crippen molar-refractivity contribution < 1.29 is 4.79 Å². The number of carbonyl (C=O) groups excluding carboxylic acids is 1. The molecule has 0 unspecified atom stereocenters. The van der Waals surface area contributed by atoms with Gasteiger partial charge in [-0.05, 0) is 42.8 Å². The van der Waals surface area contributed by atoms with Gasteiger partial charge in [0.15, 0.2) is 0 Å². The number of benzene rings is 2. The Hall–Kier alpha value is -1.52. The minimum absolute atomic E-state index is 0.139. The van der Waals surface area contributed by atoms with Gasteiger partial charge in [0, 0.05) is 22.1 Å². The van der Waals surface area contributed by atoms with Crippen LogP contribution in [0.2, 0.25) is 5.02 Å². The zero-order chi connectivity index (χ0) is 14.9. The first-order valence-electron chi connectivity index (χ1n) is 5.99. The van der Waals surface area contributed by atoms with Crippen molar-refractivity contribution >= 4 is 44.8 Å². The summed E-state index contributed by atoms with van der Waals surface area (Å²) in [6, 6.07) is 10.5. The van der Waals surface area contributed by atoms with E-state index < -0.39 is 0 Å². The van der Waals surface area contributed by atoms with Crippen LogP contribution in [0.15, 0.2) is 40.9 Å². The number of amides is 1. The molecule has 0 fully saturated rings. The molecule has 0 saturated carbocycles. The maximum absolute atomic E-state index is 12.5. The third kappa shape index (κ3) is 2.97. The Morgan fingerprint density at radius 3 is 2.60 bits per heavy atom. The summed E-state index contributed by atoms with van der Waals surface area (Å²) in [7, 11) is 1.68. The number of halogens is 2. The fourth-order valence-corrected chi connectivity index (χ4v) is 2.38. The molecular weight excluding hydrogens is 340 g/mol. The van der Waals surface area contributed by atoms with Gasteiger partial charge in [-0.1, -0.05) is 33.6 Å². The number of nitrogens with two attached hydrogens (primary N) is 1. The van der Waals surface area contributed by atoms with Crippen molar-refractivity contribution in [2.75, 3.05) is 17.7 Å². The molecule has 0 saturated heterocycles. The van der Waals surface area contributed by atoms with Gasteiger partial charge < -0.3 is 10.6 Å². The highest BCUT2D eigenvalue weighted by atomic mass is 79.9. The largest absolute Gasteiger partial charge is 0.397 e. The molecule has 1 amide bonds. The van der Waals surface area contributed by atoms with E-state index in [0.717, 1.165) is 10.0 Å². The van der Waals surface area contributed by atoms with Crippen LogP contribution >= 0.6 is 27.5 Å². The van der Waals surface area contributed by atoms with Crippen molar-refractivity contribution in [3.8, 4) is 0 Å². The maximum Gasteiger partial charge on any atom is 0.258 e. The zero-order valence-corrected chi connectivity index (χ0v) is 13.5. The van der Waals surface area contributed by atoms with Crippen molar-refractivity contribution in [2.24, 2.45) is 0 Å². The average molecular weight is 354 g/mol. The molecule has 0 aliphatic heterocycles. The molecule has 2 aromatic carbocycles. The second kappa shape index (κ2) is 5.85. The van der Waals surface area contributed by atoms with Crippen LogP contribution in [0, 0.1) is 6.92 Å². The lowest BCUT2D eigenvalue weighted by atomic mass is 10.1. The van der Waals surface area contributed by atoms with Gasteiger partial charge in [0.25, 0.3) is 5.91 Å². The number of nitrogens with zero attached hydrogens (tertiary/aromatic N) is 1. The molecule has 0 aromatic heterocycles. The molecular formula is C15H14BrClN2O. The van der Waals surface area contributed by atoms with E-state index in [1.807, 2.05) is 13.0 Å². The number of aryl methyl sites for hydroxylation is 1. The Morgan fingerprint density at radius 2 is 1.95 bits per heavy atom. The summed E-state index contributed by atoms with van der Waals surface area (Å²) in [4.78, 5) is 14.0. The molecule has 2 N–H and O–H groups in total. The van der Waals surface area contributed by atoms with E-state index in [4.69, 9.17) is 17.3 Å². The quantitative estimate of drug-likeness (QED) is 0.820. The van der Waals surface area contributed by atoms with Gasteiger partial charge in [0.05, 0.1) is 11.4 Å². The Labute approximate surface area is 131 Å². The Bertz CT molecular complexity index is 673. The number of nitrogen functional groups attached to an aromatic ring is 1. The summed E-state index contributed by atoms with van der Waals surface area (Å²) >= 11 is 9.39. The van der Waals surface area contributed by atoms with Crippen LogP contribution in [0.1, 0.15) is 15.9 Å². The molecule has 5 heteroatoms. The van der Waals surface area contributed by atoms with Gasteiger partial charge >= 0.3 is 0 Å². The third-order valence-corrected chi connectivity index (χ3v) is 4.17. The van der Waals surface area contributed by atoms with Crippen LogP contribution in [-0.2, 0) is 0 Å². The van der Waals surface area contributed by atoms with Crippen molar-refractivity contribution in [3.63, 3.8) is 0 Å². The van der Waals surface area contributed by atoms with E-state index in [1.165, 1.54) is 4.90 Å². The Kier molecular flexibility index (Phi) is 4.35. The molecule has 2 rings (SSSR count). The summed E-state index contributed by atoms with van der Waals surface area (Å²) < 4.78 is 0.899. The van der Waals surface area contributed by atoms with E-state index in [0.29, 0.717) is 22.0 Å². The van der Waals surface area contributed by atoms with E-state index in [-0.39, 0.29) is 5.91 Å². The van der Waals surface area contributed by atoms with Crippen LogP contribution in [-0.4, -0.2) is 13.0 Å². The first kappa shape index (κ1) is 14.9. The van der Waals surface area contributed by atoms with Crippen LogP contribution in [0.3, 0.4) is 0 Å². The summed E-state index contributed by atoms with van der Waals surface area (Å²) in [5.41, 5.74) is 8.67. The lowest BCUT2D eigenvalue weighted by Gasteiger charge is -2.20. The van der Waals surface area contributed by atoms with Crippen LogP contribution < -0.4 is 10.6 Å². The third-order valence-electron chi connectivity index (χ3n) is 3.08. The normalized spacial score (nSPS) is 10.4. The number of anilines is 2. The number of rotatable bonds is 2. The van der Waals surface area contributed by atoms with Crippen LogP contribution in [0.25, 0.3) is 0 Å². The van der Waals surface area contributed by atoms with Crippen molar-refractivity contribution in [2.45, 2.75) is 6.92 Å². The molecule has 20 heavy (non-hydrogen) atoms. The number of carbonyl (C=O) groups is 1. The fraction of sp³-hybridized carbons (Fsp3) is 0.133. The highest BCUT2D eigenvalue weighted by molar-refractivity contribution is 9.10. The molecule has 0 atom stereocenters. The molecule has 0 heterocycles. The predicted molar refractivity (Wildman–Crippen MR) is 87.5 cm³/mol. The Morgan fingerprint density at radius 1 is 1.25 bits per heavy atom. The molecule has 104 valence electrons. The van der Waals surface area contributed by atoms with Crippen molar-refractivity contribution in [1.82, 2.24) is 0 Å². The van der Waals surface area contributed by atoms with E-state index >= 15 is 0 Å². The topological polar surface area (TPSA) is 46.3 Å². The second-order valence-corrected chi connectivity index (χ2v) is 5.82. The summed E-state index contributed by atoms with van der Waals surface area (Å²) in [5.74, 6) is -0.139. The highest BCUT2D eigenvalue weighted by Crippen LogP contribution is 2.28. The minimum Gasteiger partial charge on any atom is -0.397 e. The van der Waals surface area contributed by atoms with Gasteiger partial charge in [0.2, 0.25) is 0 Å². The van der Waals surface area contributed by atoms with Gasteiger partial charge in [-0.3, -0.25) is 4.79 Å². The molecule has 0 spiro atoms. The average Bonchev–Trinajstić information content (AvgIpc) is 2.43. The second-order valence-electron chi connectivity index (χ2n) is 4.53. The molecule has 0 radical (unpaired) electrons. The molecule has 2 aromatic rings. The summed E-state index contributed by atoms with van der Waals surface area (Å²) in [6.45, 7) is 1.97. The fourth-order valence-electron chi connectivity index (χ4n) is 1.84. The van der Waals surface area contributed by atoms with Crippen LogP contribution in [0.5, 0.6) is 0 Å². The van der Waals surface area contributed by atoms with Crippen molar-refractivity contribution in [1.29, 1.82) is 0 Å². The molecule has 0 aliphatic carbocycles. The lowest BCUT2D eigenvalue weighted by Crippen LogP contribution is -2.27. The SMILES string of the molecule is Cc1ccc(C(=O)N(C)c2cc(Cl)ccc2N)cc1Br. The smallest absolute Gasteiger partial charge is 0.258 e. The molecule has 0 bridgehead atoms. The number of hydrogen-bond donors (Lipinski definition) is 1.